The average Bonchev–Trinajstić information content (AvgIpc) is 3.21. The highest BCUT2D eigenvalue weighted by Crippen LogP contribution is 2.49. The molecule has 5 fully saturated rings. The fraction of sp³-hybridized carbons (Fsp3) is 0.792. The van der Waals surface area contributed by atoms with E-state index in [2.05, 4.69) is 10.6 Å². The van der Waals surface area contributed by atoms with Gasteiger partial charge in [-0.15, -0.1) is 0 Å². The van der Waals surface area contributed by atoms with E-state index >= 15 is 0 Å². The van der Waals surface area contributed by atoms with Crippen LogP contribution in [-0.2, 0) is 19.2 Å². The van der Waals surface area contributed by atoms with Gasteiger partial charge in [0.2, 0.25) is 17.7 Å². The molecule has 4 amide bonds. The fourth-order valence-corrected chi connectivity index (χ4v) is 6.08. The molecule has 2 bridgehead atoms. The lowest BCUT2D eigenvalue weighted by Crippen LogP contribution is -2.71. The SMILES string of the molecule is N#C[C@@H](C[C@H]1CCNC1=O)NC(=O)[C@@H]1[C@@H]2CC[C@@H](CC2(F)F)N1C(=O)[C@H](CC1CCC1)NC(=O)C(F)(F)F. The van der Waals surface area contributed by atoms with Gasteiger partial charge >= 0.3 is 12.1 Å². The molecule has 9 nitrogen and oxygen atoms in total. The Morgan fingerprint density at radius 2 is 1.82 bits per heavy atom. The number of piperidine rings is 2. The summed E-state index contributed by atoms with van der Waals surface area (Å²) in [5.74, 6) is -10.2. The van der Waals surface area contributed by atoms with E-state index in [9.17, 15) is 46.4 Å². The quantitative estimate of drug-likeness (QED) is 0.399. The zero-order chi connectivity index (χ0) is 27.8. The van der Waals surface area contributed by atoms with E-state index in [1.165, 1.54) is 0 Å². The Morgan fingerprint density at radius 1 is 1.11 bits per heavy atom. The van der Waals surface area contributed by atoms with Crippen molar-refractivity contribution >= 4 is 23.6 Å². The minimum Gasteiger partial charge on any atom is -0.356 e. The van der Waals surface area contributed by atoms with Gasteiger partial charge in [0.05, 0.1) is 12.0 Å². The van der Waals surface area contributed by atoms with Gasteiger partial charge in [0.25, 0.3) is 5.92 Å². The lowest BCUT2D eigenvalue weighted by atomic mass is 9.71. The van der Waals surface area contributed by atoms with Crippen molar-refractivity contribution in [3.63, 3.8) is 0 Å². The highest BCUT2D eigenvalue weighted by atomic mass is 19.4. The lowest BCUT2D eigenvalue weighted by Gasteiger charge is -2.54. The summed E-state index contributed by atoms with van der Waals surface area (Å²) in [4.78, 5) is 51.5. The van der Waals surface area contributed by atoms with Crippen molar-refractivity contribution in [1.29, 1.82) is 5.26 Å². The van der Waals surface area contributed by atoms with Crippen molar-refractivity contribution in [3.05, 3.63) is 0 Å². The first kappa shape index (κ1) is 28.0. The molecule has 3 N–H and O–H groups in total. The molecule has 5 aliphatic rings. The van der Waals surface area contributed by atoms with Gasteiger partial charge in [-0.3, -0.25) is 19.2 Å². The van der Waals surface area contributed by atoms with Crippen LogP contribution in [0, 0.1) is 29.1 Å². The van der Waals surface area contributed by atoms with Crippen LogP contribution in [0.1, 0.15) is 57.8 Å². The number of nitrogens with one attached hydrogen (secondary N) is 3. The third-order valence-electron chi connectivity index (χ3n) is 8.27. The van der Waals surface area contributed by atoms with Gasteiger partial charge in [0.1, 0.15) is 18.1 Å². The largest absolute Gasteiger partial charge is 0.471 e. The Balaban J connectivity index is 1.58. The number of nitriles is 1. The van der Waals surface area contributed by atoms with Crippen molar-refractivity contribution in [2.75, 3.05) is 6.54 Å². The molecule has 0 aromatic rings. The van der Waals surface area contributed by atoms with Crippen molar-refractivity contribution in [1.82, 2.24) is 20.9 Å². The summed E-state index contributed by atoms with van der Waals surface area (Å²) in [5.41, 5.74) is 0. The topological polar surface area (TPSA) is 131 Å². The van der Waals surface area contributed by atoms with E-state index in [0.29, 0.717) is 25.8 Å². The summed E-state index contributed by atoms with van der Waals surface area (Å²) >= 11 is 0. The molecule has 0 radical (unpaired) electrons. The summed E-state index contributed by atoms with van der Waals surface area (Å²) in [7, 11) is 0. The molecule has 210 valence electrons. The number of carbonyl (C=O) groups excluding carboxylic acids is 4. The molecule has 3 saturated heterocycles. The third kappa shape index (κ3) is 5.71. The minimum atomic E-state index is -5.25. The predicted octanol–water partition coefficient (Wildman–Crippen LogP) is 1.77. The number of nitrogens with zero attached hydrogens (tertiary/aromatic N) is 2. The molecule has 3 heterocycles. The van der Waals surface area contributed by atoms with Gasteiger partial charge in [-0.1, -0.05) is 19.3 Å². The van der Waals surface area contributed by atoms with E-state index < -0.39 is 72.2 Å². The number of hydrogen-bond donors (Lipinski definition) is 3. The van der Waals surface area contributed by atoms with Crippen LogP contribution in [0.3, 0.4) is 0 Å². The number of carbonyl (C=O) groups is 4. The van der Waals surface area contributed by atoms with E-state index in [1.807, 2.05) is 6.07 Å². The van der Waals surface area contributed by atoms with Crippen LogP contribution in [0.25, 0.3) is 0 Å². The van der Waals surface area contributed by atoms with Crippen LogP contribution in [0.15, 0.2) is 0 Å². The smallest absolute Gasteiger partial charge is 0.356 e. The third-order valence-corrected chi connectivity index (χ3v) is 8.27. The second-order valence-corrected chi connectivity index (χ2v) is 10.8. The molecule has 0 aromatic carbocycles. The Hall–Kier alpha value is -2.98. The normalized spacial score (nSPS) is 30.0. The Bertz CT molecular complexity index is 1010. The number of hydrogen-bond acceptors (Lipinski definition) is 5. The molecule has 0 spiro atoms. The van der Waals surface area contributed by atoms with Gasteiger partial charge in [-0.05, 0) is 38.0 Å². The van der Waals surface area contributed by atoms with Crippen molar-refractivity contribution < 1.29 is 41.1 Å². The first-order chi connectivity index (χ1) is 17.8. The Labute approximate surface area is 215 Å². The monoisotopic (exact) mass is 547 g/mol. The van der Waals surface area contributed by atoms with Gasteiger partial charge in [0.15, 0.2) is 0 Å². The summed E-state index contributed by atoms with van der Waals surface area (Å²) in [6.07, 6.45) is -3.56. The van der Waals surface area contributed by atoms with Crippen LogP contribution in [0.2, 0.25) is 0 Å². The number of rotatable bonds is 8. The predicted molar refractivity (Wildman–Crippen MR) is 120 cm³/mol. The Morgan fingerprint density at radius 3 is 2.34 bits per heavy atom. The van der Waals surface area contributed by atoms with Gasteiger partial charge in [-0.25, -0.2) is 8.78 Å². The van der Waals surface area contributed by atoms with Gasteiger partial charge in [-0.2, -0.15) is 18.4 Å². The van der Waals surface area contributed by atoms with Gasteiger partial charge in [0, 0.05) is 24.9 Å². The molecule has 2 aliphatic carbocycles. The number of fused-ring (bicyclic) bond motifs is 3. The second kappa shape index (κ2) is 10.6. The molecule has 5 rings (SSSR count). The zero-order valence-corrected chi connectivity index (χ0v) is 20.5. The van der Waals surface area contributed by atoms with Gasteiger partial charge < -0.3 is 20.9 Å². The summed E-state index contributed by atoms with van der Waals surface area (Å²) < 4.78 is 68.9. The maximum atomic E-state index is 14.9. The van der Waals surface area contributed by atoms with E-state index in [-0.39, 0.29) is 37.5 Å². The maximum Gasteiger partial charge on any atom is 0.471 e. The van der Waals surface area contributed by atoms with Crippen LogP contribution >= 0.6 is 0 Å². The minimum absolute atomic E-state index is 0.0504. The summed E-state index contributed by atoms with van der Waals surface area (Å²) in [6, 6.07) is -3.83. The van der Waals surface area contributed by atoms with Crippen molar-refractivity contribution in [2.24, 2.45) is 17.8 Å². The fourth-order valence-electron chi connectivity index (χ4n) is 6.08. The van der Waals surface area contributed by atoms with Crippen LogP contribution in [0.5, 0.6) is 0 Å². The molecule has 2 saturated carbocycles. The highest BCUT2D eigenvalue weighted by Gasteiger charge is 2.61. The van der Waals surface area contributed by atoms with Crippen LogP contribution in [-0.4, -0.2) is 71.3 Å². The first-order valence-electron chi connectivity index (χ1n) is 12.9. The number of halogens is 5. The highest BCUT2D eigenvalue weighted by molar-refractivity contribution is 5.94. The number of alkyl halides is 5. The second-order valence-electron chi connectivity index (χ2n) is 10.8. The molecular formula is C24H30F5N5O4. The number of amides is 4. The van der Waals surface area contributed by atoms with E-state index in [0.717, 1.165) is 11.3 Å². The van der Waals surface area contributed by atoms with Crippen molar-refractivity contribution in [2.45, 2.75) is 94.1 Å². The molecule has 6 atom stereocenters. The first-order valence-corrected chi connectivity index (χ1v) is 12.9. The standard InChI is InChI=1S/C24H30F5N5O4/c25-23(26)10-15-4-5-16(23)18(20(36)32-14(11-30)9-13-6-7-31-19(13)35)34(15)21(37)17(8-12-2-1-3-12)33-22(38)24(27,28)29/h12-18H,1-10H2,(H,31,35)(H,32,36)(H,33,38)/t13-,14-,15+,16+,17+,18+/m1/s1. The molecule has 0 aromatic heterocycles. The Kier molecular flexibility index (Phi) is 7.86. The molecule has 38 heavy (non-hydrogen) atoms. The maximum absolute atomic E-state index is 14.9. The lowest BCUT2D eigenvalue weighted by molar-refractivity contribution is -0.196. The van der Waals surface area contributed by atoms with Crippen LogP contribution < -0.4 is 16.0 Å². The summed E-state index contributed by atoms with van der Waals surface area (Å²) in [6.45, 7) is 0.405. The zero-order valence-electron chi connectivity index (χ0n) is 20.5. The average molecular weight is 548 g/mol. The van der Waals surface area contributed by atoms with E-state index in [1.54, 1.807) is 5.32 Å². The molecule has 0 unspecified atom stereocenters. The van der Waals surface area contributed by atoms with E-state index in [4.69, 9.17) is 0 Å². The van der Waals surface area contributed by atoms with Crippen LogP contribution in [0.4, 0.5) is 22.0 Å². The molecule has 3 aliphatic heterocycles. The van der Waals surface area contributed by atoms with Crippen molar-refractivity contribution in [3.8, 4) is 6.07 Å². The molecule has 14 heteroatoms. The summed E-state index contributed by atoms with van der Waals surface area (Å²) in [5, 5.41) is 16.3. The molecular weight excluding hydrogens is 517 g/mol.